The summed E-state index contributed by atoms with van der Waals surface area (Å²) >= 11 is 0. The summed E-state index contributed by atoms with van der Waals surface area (Å²) in [6.07, 6.45) is 5.68. The Bertz CT molecular complexity index is 287. The van der Waals surface area contributed by atoms with Crippen LogP contribution in [0, 0.1) is 0 Å². The summed E-state index contributed by atoms with van der Waals surface area (Å²) in [5, 5.41) is 3.58. The van der Waals surface area contributed by atoms with Crippen molar-refractivity contribution < 1.29 is 9.15 Å². The average Bonchev–Trinajstić information content (AvgIpc) is 2.69. The Morgan fingerprint density at radius 1 is 1.31 bits per heavy atom. The Morgan fingerprint density at radius 2 is 2.06 bits per heavy atom. The van der Waals surface area contributed by atoms with Crippen molar-refractivity contribution >= 4 is 0 Å². The lowest BCUT2D eigenvalue weighted by Crippen LogP contribution is -2.41. The summed E-state index contributed by atoms with van der Waals surface area (Å²) in [5.41, 5.74) is 0. The molecule has 1 aliphatic heterocycles. The SMILES string of the molecule is CC1CC(NCCc2ccco2)CC(C)O1. The van der Waals surface area contributed by atoms with E-state index in [4.69, 9.17) is 9.15 Å². The standard InChI is InChI=1S/C13H21NO2/c1-10-8-12(9-11(2)16-10)14-6-5-13-4-3-7-15-13/h3-4,7,10-12,14H,5-6,8-9H2,1-2H3. The van der Waals surface area contributed by atoms with E-state index in [1.807, 2.05) is 12.1 Å². The first-order valence-electron chi connectivity index (χ1n) is 6.15. The van der Waals surface area contributed by atoms with Gasteiger partial charge in [-0.15, -0.1) is 0 Å². The summed E-state index contributed by atoms with van der Waals surface area (Å²) in [5.74, 6) is 1.06. The van der Waals surface area contributed by atoms with Gasteiger partial charge in [-0.3, -0.25) is 0 Å². The number of rotatable bonds is 4. The molecule has 1 saturated heterocycles. The minimum absolute atomic E-state index is 0.380. The molecule has 1 N–H and O–H groups in total. The van der Waals surface area contributed by atoms with Crippen molar-refractivity contribution in [2.24, 2.45) is 0 Å². The lowest BCUT2D eigenvalue weighted by atomic mass is 10.00. The molecule has 0 aliphatic carbocycles. The van der Waals surface area contributed by atoms with Crippen LogP contribution in [-0.2, 0) is 11.2 Å². The number of ether oxygens (including phenoxy) is 1. The summed E-state index contributed by atoms with van der Waals surface area (Å²) in [6, 6.07) is 4.55. The molecule has 0 aromatic carbocycles. The van der Waals surface area contributed by atoms with Gasteiger partial charge in [0.1, 0.15) is 5.76 Å². The Balaban J connectivity index is 1.69. The highest BCUT2D eigenvalue weighted by atomic mass is 16.5. The van der Waals surface area contributed by atoms with Crippen LogP contribution in [0.15, 0.2) is 22.8 Å². The molecule has 0 amide bonds. The van der Waals surface area contributed by atoms with Crippen molar-refractivity contribution in [3.63, 3.8) is 0 Å². The molecule has 1 aromatic rings. The fourth-order valence-electron chi connectivity index (χ4n) is 2.43. The highest BCUT2D eigenvalue weighted by molar-refractivity contribution is 4.98. The minimum atomic E-state index is 0.380. The quantitative estimate of drug-likeness (QED) is 0.851. The van der Waals surface area contributed by atoms with Gasteiger partial charge in [0.05, 0.1) is 18.5 Å². The van der Waals surface area contributed by atoms with Gasteiger partial charge in [0.2, 0.25) is 0 Å². The van der Waals surface area contributed by atoms with Gasteiger partial charge in [-0.2, -0.15) is 0 Å². The molecule has 0 saturated carbocycles. The first kappa shape index (κ1) is 11.7. The Hall–Kier alpha value is -0.800. The molecule has 2 heterocycles. The zero-order chi connectivity index (χ0) is 11.4. The van der Waals surface area contributed by atoms with E-state index in [0.717, 1.165) is 31.6 Å². The van der Waals surface area contributed by atoms with E-state index < -0.39 is 0 Å². The van der Waals surface area contributed by atoms with Crippen molar-refractivity contribution in [1.29, 1.82) is 0 Å². The molecular weight excluding hydrogens is 202 g/mol. The molecule has 16 heavy (non-hydrogen) atoms. The highest BCUT2D eigenvalue weighted by Crippen LogP contribution is 2.18. The molecular formula is C13H21NO2. The van der Waals surface area contributed by atoms with Gasteiger partial charge in [-0.1, -0.05) is 0 Å². The van der Waals surface area contributed by atoms with E-state index in [-0.39, 0.29) is 0 Å². The largest absolute Gasteiger partial charge is 0.469 e. The maximum Gasteiger partial charge on any atom is 0.105 e. The van der Waals surface area contributed by atoms with E-state index in [1.54, 1.807) is 6.26 Å². The van der Waals surface area contributed by atoms with Crippen LogP contribution in [0.25, 0.3) is 0 Å². The minimum Gasteiger partial charge on any atom is -0.469 e. The van der Waals surface area contributed by atoms with Crippen LogP contribution in [0.5, 0.6) is 0 Å². The fourth-order valence-corrected chi connectivity index (χ4v) is 2.43. The third-order valence-electron chi connectivity index (χ3n) is 3.08. The monoisotopic (exact) mass is 223 g/mol. The van der Waals surface area contributed by atoms with Gasteiger partial charge < -0.3 is 14.5 Å². The van der Waals surface area contributed by atoms with E-state index in [1.165, 1.54) is 0 Å². The summed E-state index contributed by atoms with van der Waals surface area (Å²) in [6.45, 7) is 5.28. The number of hydrogen-bond donors (Lipinski definition) is 1. The van der Waals surface area contributed by atoms with E-state index in [2.05, 4.69) is 19.2 Å². The maximum absolute atomic E-state index is 5.71. The second kappa shape index (κ2) is 5.51. The zero-order valence-electron chi connectivity index (χ0n) is 10.1. The third-order valence-corrected chi connectivity index (χ3v) is 3.08. The van der Waals surface area contributed by atoms with E-state index in [9.17, 15) is 0 Å². The first-order valence-corrected chi connectivity index (χ1v) is 6.15. The van der Waals surface area contributed by atoms with E-state index in [0.29, 0.717) is 18.2 Å². The van der Waals surface area contributed by atoms with Crippen LogP contribution in [0.4, 0.5) is 0 Å². The number of furan rings is 1. The van der Waals surface area contributed by atoms with E-state index >= 15 is 0 Å². The maximum atomic E-state index is 5.71. The van der Waals surface area contributed by atoms with Crippen LogP contribution in [-0.4, -0.2) is 24.8 Å². The Morgan fingerprint density at radius 3 is 2.69 bits per heavy atom. The smallest absolute Gasteiger partial charge is 0.105 e. The highest BCUT2D eigenvalue weighted by Gasteiger charge is 2.23. The van der Waals surface area contributed by atoms with Crippen LogP contribution in [0.1, 0.15) is 32.4 Å². The predicted molar refractivity (Wildman–Crippen MR) is 63.4 cm³/mol. The molecule has 0 bridgehead atoms. The van der Waals surface area contributed by atoms with Gasteiger partial charge in [-0.25, -0.2) is 0 Å². The molecule has 3 nitrogen and oxygen atoms in total. The van der Waals surface area contributed by atoms with Crippen LogP contribution < -0.4 is 5.32 Å². The first-order chi connectivity index (χ1) is 7.74. The van der Waals surface area contributed by atoms with Crippen LogP contribution in [0.2, 0.25) is 0 Å². The second-order valence-corrected chi connectivity index (χ2v) is 4.71. The molecule has 1 aliphatic rings. The topological polar surface area (TPSA) is 34.4 Å². The molecule has 90 valence electrons. The van der Waals surface area contributed by atoms with Gasteiger partial charge in [0, 0.05) is 19.0 Å². The van der Waals surface area contributed by atoms with Crippen LogP contribution >= 0.6 is 0 Å². The van der Waals surface area contributed by atoms with Gasteiger partial charge in [0.15, 0.2) is 0 Å². The predicted octanol–water partition coefficient (Wildman–Crippen LogP) is 2.37. The Labute approximate surface area is 97.2 Å². The summed E-state index contributed by atoms with van der Waals surface area (Å²) in [4.78, 5) is 0. The average molecular weight is 223 g/mol. The fraction of sp³-hybridized carbons (Fsp3) is 0.692. The summed E-state index contributed by atoms with van der Waals surface area (Å²) in [7, 11) is 0. The van der Waals surface area contributed by atoms with Crippen molar-refractivity contribution in [1.82, 2.24) is 5.32 Å². The lowest BCUT2D eigenvalue weighted by Gasteiger charge is -2.32. The summed E-state index contributed by atoms with van der Waals surface area (Å²) < 4.78 is 11.0. The van der Waals surface area contributed by atoms with Crippen LogP contribution in [0.3, 0.4) is 0 Å². The van der Waals surface area contributed by atoms with Gasteiger partial charge in [0.25, 0.3) is 0 Å². The number of hydrogen-bond acceptors (Lipinski definition) is 3. The van der Waals surface area contributed by atoms with Gasteiger partial charge >= 0.3 is 0 Å². The lowest BCUT2D eigenvalue weighted by molar-refractivity contribution is -0.0419. The molecule has 0 radical (unpaired) electrons. The Kier molecular flexibility index (Phi) is 4.02. The van der Waals surface area contributed by atoms with Crippen molar-refractivity contribution in [2.75, 3.05) is 6.54 Å². The molecule has 2 rings (SSSR count). The van der Waals surface area contributed by atoms with Crippen molar-refractivity contribution in [3.05, 3.63) is 24.2 Å². The molecule has 2 atom stereocenters. The molecule has 3 heteroatoms. The number of nitrogens with one attached hydrogen (secondary N) is 1. The third kappa shape index (κ3) is 3.35. The van der Waals surface area contributed by atoms with Crippen molar-refractivity contribution in [3.8, 4) is 0 Å². The second-order valence-electron chi connectivity index (χ2n) is 4.71. The zero-order valence-corrected chi connectivity index (χ0v) is 10.1. The van der Waals surface area contributed by atoms with Crippen molar-refractivity contribution in [2.45, 2.75) is 51.4 Å². The molecule has 1 fully saturated rings. The molecule has 2 unspecified atom stereocenters. The van der Waals surface area contributed by atoms with Gasteiger partial charge in [-0.05, 0) is 38.8 Å². The molecule has 0 spiro atoms. The normalized spacial score (nSPS) is 30.5. The molecule has 1 aromatic heterocycles.